The van der Waals surface area contributed by atoms with Gasteiger partial charge in [-0.15, -0.1) is 0 Å². The van der Waals surface area contributed by atoms with Crippen LogP contribution in [0.2, 0.25) is 5.02 Å². The maximum absolute atomic E-state index is 11.5. The topological polar surface area (TPSA) is 454 Å². The summed E-state index contributed by atoms with van der Waals surface area (Å²) in [5.74, 6) is -0.468. The van der Waals surface area contributed by atoms with E-state index in [-0.39, 0.29) is 35.3 Å². The molecule has 30 nitrogen and oxygen atoms in total. The number of nitro groups is 1. The van der Waals surface area contributed by atoms with Crippen LogP contribution in [0.3, 0.4) is 0 Å². The second-order valence-corrected chi connectivity index (χ2v) is 17.9. The minimum Gasteiger partial charge on any atom is -0.460 e. The Morgan fingerprint density at radius 2 is 0.972 bits per heavy atom. The van der Waals surface area contributed by atoms with Crippen molar-refractivity contribution in [3.63, 3.8) is 0 Å². The maximum atomic E-state index is 11.5. The molecular formula is C40H58ClNO29. The highest BCUT2D eigenvalue weighted by molar-refractivity contribution is 6.32. The van der Waals surface area contributed by atoms with Crippen LogP contribution in [0.1, 0.15) is 13.3 Å². The standard InChI is InChI=1S/C40H58ClNO29/c1-11(47)4-20-60-10-19-35(67-20)25(52)30(57)40(66-19)71-34-18(9-46)65-39(29(56)24(34)51)70-33-17(8-45)64-38(28(55)23(33)50)69-32-16(7-44)63-37(27(54)22(32)49)68-31-15(6-43)62-36(26(53)21(31)48)61-14-3-2-12(42(58)59)5-13(14)41/h2-3,5,15-40,43-46,48-57H,4,6-10H2,1H3/t15-,16-,17-,18-,19-,20?,21-,22-,23-,24-,25-,26-,27-,28-,29-,30-,31-,32-,33-,34-,35-,36-,37-,38-,39-,40-/m1/s1. The number of nitrogens with zero attached hydrogens (tertiary/aromatic N) is 1. The van der Waals surface area contributed by atoms with Crippen LogP contribution in [-0.2, 0) is 56.9 Å². The molecule has 6 fully saturated rings. The predicted molar refractivity (Wildman–Crippen MR) is 220 cm³/mol. The van der Waals surface area contributed by atoms with Crippen molar-refractivity contribution in [3.8, 4) is 5.75 Å². The number of ether oxygens (including phenoxy) is 12. The molecule has 0 saturated carbocycles. The SMILES string of the molecule is CC(=O)CC1OC[C@H]2O[C@H](O[C@H]3[C@H](O)[C@@H](O)[C@@H](O[C@H]4[C@H](O)[C@@H](O)[C@@H](O[C@H]5[C@H](O)[C@@H](O)[C@@H](O[C@H]6[C@H](O)[C@@H](O)[C@H](Oc7ccc([N+](=O)[O-])cc7Cl)O[C@@H]6CO)O[C@@H]5CO)O[C@@H]4CO)O[C@@H]3CO)[C@H](O)[C@@H](O)[C@@H]2O1. The zero-order valence-corrected chi connectivity index (χ0v) is 38.0. The van der Waals surface area contributed by atoms with Gasteiger partial charge in [-0.1, -0.05) is 11.6 Å². The molecule has 26 atom stereocenters. The van der Waals surface area contributed by atoms with E-state index >= 15 is 0 Å². The molecule has 6 heterocycles. The van der Waals surface area contributed by atoms with Crippen molar-refractivity contribution in [2.24, 2.45) is 0 Å². The summed E-state index contributed by atoms with van der Waals surface area (Å²) in [4.78, 5) is 21.9. The molecular weight excluding hydrogens is 994 g/mol. The molecule has 0 spiro atoms. The summed E-state index contributed by atoms with van der Waals surface area (Å²) in [6, 6.07) is 3.10. The second-order valence-electron chi connectivity index (χ2n) is 17.5. The Morgan fingerprint density at radius 3 is 1.35 bits per heavy atom. The van der Waals surface area contributed by atoms with Crippen LogP contribution in [0.15, 0.2) is 18.2 Å². The van der Waals surface area contributed by atoms with E-state index in [1.54, 1.807) is 0 Å². The molecule has 6 saturated heterocycles. The van der Waals surface area contributed by atoms with Gasteiger partial charge in [0.2, 0.25) is 6.29 Å². The van der Waals surface area contributed by atoms with Crippen molar-refractivity contribution in [1.29, 1.82) is 0 Å². The zero-order chi connectivity index (χ0) is 51.7. The highest BCUT2D eigenvalue weighted by Crippen LogP contribution is 2.38. The van der Waals surface area contributed by atoms with Crippen molar-refractivity contribution in [1.82, 2.24) is 0 Å². The number of fused-ring (bicyclic) bond motifs is 1. The molecule has 1 unspecified atom stereocenters. The first-order valence-electron chi connectivity index (χ1n) is 22.2. The Labute approximate surface area is 405 Å². The van der Waals surface area contributed by atoms with E-state index in [1.807, 2.05) is 0 Å². The number of Topliss-reactive ketones (excluding diaryl/α,β-unsaturated/α-hetero) is 1. The van der Waals surface area contributed by atoms with Crippen LogP contribution >= 0.6 is 11.6 Å². The molecule has 1 aromatic carbocycles. The maximum Gasteiger partial charge on any atom is 0.271 e. The molecule has 6 aliphatic rings. The summed E-state index contributed by atoms with van der Waals surface area (Å²) in [5.41, 5.74) is -0.382. The molecule has 0 bridgehead atoms. The Bertz CT molecular complexity index is 1920. The second kappa shape index (κ2) is 23.9. The lowest BCUT2D eigenvalue weighted by molar-refractivity contribution is -0.398. The molecule has 31 heteroatoms. The fourth-order valence-corrected chi connectivity index (χ4v) is 9.06. The summed E-state index contributed by atoms with van der Waals surface area (Å²) < 4.78 is 67.6. The number of hydrogen-bond acceptors (Lipinski definition) is 29. The number of aliphatic hydroxyl groups is 14. The van der Waals surface area contributed by atoms with Gasteiger partial charge in [-0.2, -0.15) is 0 Å². The number of aliphatic hydroxyl groups excluding tert-OH is 14. The molecule has 404 valence electrons. The van der Waals surface area contributed by atoms with Gasteiger partial charge in [0, 0.05) is 12.1 Å². The molecule has 0 aromatic heterocycles. The largest absolute Gasteiger partial charge is 0.460 e. The van der Waals surface area contributed by atoms with Crippen LogP contribution in [0, 0.1) is 10.1 Å². The summed E-state index contributed by atoms with van der Waals surface area (Å²) in [6.45, 7) is -2.72. The number of rotatable bonds is 17. The number of carbonyl (C=O) groups excluding carboxylic acids is 1. The van der Waals surface area contributed by atoms with E-state index in [0.717, 1.165) is 18.2 Å². The summed E-state index contributed by atoms with van der Waals surface area (Å²) in [6.07, 6.45) is -46.2. The van der Waals surface area contributed by atoms with E-state index in [0.29, 0.717) is 0 Å². The third kappa shape index (κ3) is 11.9. The van der Waals surface area contributed by atoms with Crippen molar-refractivity contribution in [2.75, 3.05) is 33.0 Å². The van der Waals surface area contributed by atoms with Gasteiger partial charge in [0.1, 0.15) is 134 Å². The Hall–Kier alpha value is -2.62. The fourth-order valence-electron chi connectivity index (χ4n) is 8.84. The van der Waals surface area contributed by atoms with Crippen LogP contribution in [0.4, 0.5) is 5.69 Å². The number of halogens is 1. The number of benzene rings is 1. The van der Waals surface area contributed by atoms with Gasteiger partial charge in [-0.25, -0.2) is 0 Å². The Morgan fingerprint density at radius 1 is 0.592 bits per heavy atom. The number of ketones is 1. The lowest BCUT2D eigenvalue weighted by atomic mass is 9.95. The normalized spacial score (nSPS) is 46.3. The summed E-state index contributed by atoms with van der Waals surface area (Å²) in [5, 5.41) is 163. The van der Waals surface area contributed by atoms with Crippen LogP contribution in [0.5, 0.6) is 5.75 Å². The highest BCUT2D eigenvalue weighted by atomic mass is 35.5. The first-order chi connectivity index (χ1) is 33.7. The highest BCUT2D eigenvalue weighted by Gasteiger charge is 2.57. The van der Waals surface area contributed by atoms with Crippen molar-refractivity contribution in [3.05, 3.63) is 33.3 Å². The van der Waals surface area contributed by atoms with Gasteiger partial charge in [0.15, 0.2) is 31.5 Å². The van der Waals surface area contributed by atoms with Crippen molar-refractivity contribution in [2.45, 2.75) is 173 Å². The fraction of sp³-hybridized carbons (Fsp3) is 0.825. The van der Waals surface area contributed by atoms with Gasteiger partial charge in [-0.05, 0) is 13.0 Å². The first-order valence-corrected chi connectivity index (χ1v) is 22.6. The third-order valence-electron chi connectivity index (χ3n) is 12.7. The molecule has 14 N–H and O–H groups in total. The van der Waals surface area contributed by atoms with E-state index in [9.17, 15) is 86.4 Å². The van der Waals surface area contributed by atoms with Gasteiger partial charge in [0.25, 0.3) is 5.69 Å². The molecule has 6 aliphatic heterocycles. The first kappa shape index (κ1) is 56.1. The quantitative estimate of drug-likeness (QED) is 0.0509. The van der Waals surface area contributed by atoms with Gasteiger partial charge >= 0.3 is 0 Å². The summed E-state index contributed by atoms with van der Waals surface area (Å²) >= 11 is 6.07. The monoisotopic (exact) mass is 1050 g/mol. The molecule has 0 amide bonds. The average molecular weight is 1050 g/mol. The predicted octanol–water partition coefficient (Wildman–Crippen LogP) is -7.91. The minimum absolute atomic E-state index is 0.135. The molecule has 1 aromatic rings. The van der Waals surface area contributed by atoms with Crippen LogP contribution < -0.4 is 4.74 Å². The van der Waals surface area contributed by atoms with E-state index < -0.39 is 191 Å². The molecule has 71 heavy (non-hydrogen) atoms. The van der Waals surface area contributed by atoms with Gasteiger partial charge in [-0.3, -0.25) is 14.9 Å². The lowest BCUT2D eigenvalue weighted by Crippen LogP contribution is -2.68. The number of hydrogen-bond donors (Lipinski definition) is 14. The lowest BCUT2D eigenvalue weighted by Gasteiger charge is -2.50. The van der Waals surface area contributed by atoms with Crippen LogP contribution in [0.25, 0.3) is 0 Å². The number of carbonyl (C=O) groups is 1. The Kier molecular flexibility index (Phi) is 18.9. The van der Waals surface area contributed by atoms with Gasteiger partial charge < -0.3 is 128 Å². The molecule has 7 rings (SSSR count). The number of non-ortho nitro benzene ring substituents is 1. The number of nitro benzene ring substituents is 1. The van der Waals surface area contributed by atoms with Crippen molar-refractivity contribution >= 4 is 23.1 Å². The smallest absolute Gasteiger partial charge is 0.271 e. The minimum atomic E-state index is -2.15. The molecule has 0 radical (unpaired) electrons. The Balaban J connectivity index is 0.948. The van der Waals surface area contributed by atoms with E-state index in [2.05, 4.69) is 0 Å². The zero-order valence-electron chi connectivity index (χ0n) is 37.2. The molecule has 0 aliphatic carbocycles. The van der Waals surface area contributed by atoms with E-state index in [1.165, 1.54) is 6.92 Å². The van der Waals surface area contributed by atoms with E-state index in [4.69, 9.17) is 68.4 Å². The van der Waals surface area contributed by atoms with Gasteiger partial charge in [0.05, 0.1) is 49.4 Å². The van der Waals surface area contributed by atoms with Crippen molar-refractivity contribution < 1.29 is 138 Å². The van der Waals surface area contributed by atoms with Crippen LogP contribution in [-0.4, -0.2) is 275 Å². The average Bonchev–Trinajstić information content (AvgIpc) is 3.34. The third-order valence-corrected chi connectivity index (χ3v) is 13.0. The summed E-state index contributed by atoms with van der Waals surface area (Å²) in [7, 11) is 0.